The maximum atomic E-state index is 13.0. The van der Waals surface area contributed by atoms with Crippen molar-refractivity contribution in [3.8, 4) is 11.4 Å². The van der Waals surface area contributed by atoms with Crippen LogP contribution in [0.2, 0.25) is 0 Å². The summed E-state index contributed by atoms with van der Waals surface area (Å²) in [6, 6.07) is 13.8. The number of phenolic OH excluding ortho intramolecular Hbond substituents is 1. The van der Waals surface area contributed by atoms with Gasteiger partial charge in [-0.3, -0.25) is 14.7 Å². The van der Waals surface area contributed by atoms with Crippen molar-refractivity contribution in [2.24, 2.45) is 5.10 Å². The summed E-state index contributed by atoms with van der Waals surface area (Å²) in [5.41, 5.74) is 5.80. The number of carbonyl (C=O) groups is 1. The van der Waals surface area contributed by atoms with Gasteiger partial charge in [-0.15, -0.1) is 0 Å². The Hall–Kier alpha value is -3.61. The first-order valence-electron chi connectivity index (χ1n) is 9.64. The third-order valence-corrected chi connectivity index (χ3v) is 4.86. The van der Waals surface area contributed by atoms with Gasteiger partial charge in [-0.1, -0.05) is 39.0 Å². The highest BCUT2D eigenvalue weighted by molar-refractivity contribution is 6.01. The largest absolute Gasteiger partial charge is 0.508 e. The van der Waals surface area contributed by atoms with Crippen LogP contribution in [0.1, 0.15) is 54.9 Å². The molecule has 30 heavy (non-hydrogen) atoms. The molecule has 3 N–H and O–H groups in total. The Morgan fingerprint density at radius 1 is 1.13 bits per heavy atom. The molecule has 3 rings (SSSR count). The van der Waals surface area contributed by atoms with Crippen LogP contribution in [0.4, 0.5) is 0 Å². The lowest BCUT2D eigenvalue weighted by molar-refractivity contribution is 0.0954. The molecule has 156 valence electrons. The van der Waals surface area contributed by atoms with Crippen molar-refractivity contribution in [2.45, 2.75) is 40.0 Å². The molecule has 1 aromatic heterocycles. The van der Waals surface area contributed by atoms with Gasteiger partial charge in [0.05, 0.1) is 17.0 Å². The third kappa shape index (κ3) is 4.35. The molecule has 0 saturated heterocycles. The van der Waals surface area contributed by atoms with E-state index in [0.717, 1.165) is 5.69 Å². The standard InChI is InChI=1S/C23H26N4O3/c1-14(24-25-21(29)16-7-6-8-19(28)13-16)20-15(2)26-27(22(20)30)18-11-9-17(10-12-18)23(3,4)5/h6-13,26,28H,1-5H3,(H,25,29)/b24-14+. The zero-order valence-electron chi connectivity index (χ0n) is 17.8. The highest BCUT2D eigenvalue weighted by Gasteiger charge is 2.17. The second-order valence-electron chi connectivity index (χ2n) is 8.24. The van der Waals surface area contributed by atoms with Gasteiger partial charge in [-0.25, -0.2) is 10.1 Å². The Balaban J connectivity index is 1.87. The van der Waals surface area contributed by atoms with Crippen LogP contribution in [0.15, 0.2) is 58.4 Å². The van der Waals surface area contributed by atoms with E-state index in [1.54, 1.807) is 26.0 Å². The summed E-state index contributed by atoms with van der Waals surface area (Å²) in [6.07, 6.45) is 0. The molecule has 0 aliphatic heterocycles. The number of nitrogens with zero attached hydrogens (tertiary/aromatic N) is 2. The number of aromatic nitrogens is 2. The fourth-order valence-corrected chi connectivity index (χ4v) is 3.17. The number of rotatable bonds is 4. The Kier molecular flexibility index (Phi) is 5.64. The SMILES string of the molecule is C/C(=N\NC(=O)c1cccc(O)c1)c1c(C)[nH]n(-c2ccc(C(C)(C)C)cc2)c1=O. The number of aromatic hydroxyl groups is 1. The van der Waals surface area contributed by atoms with Crippen LogP contribution >= 0.6 is 0 Å². The number of hydrazone groups is 1. The van der Waals surface area contributed by atoms with Gasteiger partial charge in [0.15, 0.2) is 0 Å². The van der Waals surface area contributed by atoms with Crippen LogP contribution in [-0.4, -0.2) is 26.5 Å². The summed E-state index contributed by atoms with van der Waals surface area (Å²) in [4.78, 5) is 25.2. The van der Waals surface area contributed by atoms with Crippen LogP contribution in [0.25, 0.3) is 5.69 Å². The Morgan fingerprint density at radius 3 is 2.40 bits per heavy atom. The van der Waals surface area contributed by atoms with Crippen molar-refractivity contribution in [2.75, 3.05) is 0 Å². The lowest BCUT2D eigenvalue weighted by Crippen LogP contribution is -2.23. The fourth-order valence-electron chi connectivity index (χ4n) is 3.17. The molecule has 0 atom stereocenters. The molecule has 2 aromatic carbocycles. The Labute approximate surface area is 175 Å². The fraction of sp³-hybridized carbons (Fsp3) is 0.261. The van der Waals surface area contributed by atoms with Crippen LogP contribution in [0.5, 0.6) is 5.75 Å². The topological polar surface area (TPSA) is 99.5 Å². The van der Waals surface area contributed by atoms with Gasteiger partial charge in [-0.2, -0.15) is 5.10 Å². The average molecular weight is 406 g/mol. The van der Waals surface area contributed by atoms with Crippen molar-refractivity contribution >= 4 is 11.6 Å². The zero-order valence-corrected chi connectivity index (χ0v) is 17.8. The average Bonchev–Trinajstić information content (AvgIpc) is 2.99. The molecule has 0 spiro atoms. The minimum atomic E-state index is -0.475. The third-order valence-electron chi connectivity index (χ3n) is 4.86. The highest BCUT2D eigenvalue weighted by atomic mass is 16.3. The first-order chi connectivity index (χ1) is 14.1. The predicted octanol–water partition coefficient (Wildman–Crippen LogP) is 3.63. The van der Waals surface area contributed by atoms with E-state index in [0.29, 0.717) is 17.0 Å². The van der Waals surface area contributed by atoms with Crippen molar-refractivity contribution in [1.29, 1.82) is 0 Å². The number of hydrogen-bond acceptors (Lipinski definition) is 4. The number of amides is 1. The van der Waals surface area contributed by atoms with Crippen LogP contribution < -0.4 is 11.0 Å². The van der Waals surface area contributed by atoms with Crippen molar-refractivity contribution in [3.05, 3.63) is 81.3 Å². The van der Waals surface area contributed by atoms with Crippen molar-refractivity contribution in [1.82, 2.24) is 15.2 Å². The van der Waals surface area contributed by atoms with Crippen LogP contribution in [0.3, 0.4) is 0 Å². The lowest BCUT2D eigenvalue weighted by Gasteiger charge is -2.19. The maximum absolute atomic E-state index is 13.0. The second-order valence-corrected chi connectivity index (χ2v) is 8.24. The molecule has 0 aliphatic carbocycles. The quantitative estimate of drug-likeness (QED) is 0.456. The molecule has 1 heterocycles. The molecule has 1 amide bonds. The summed E-state index contributed by atoms with van der Waals surface area (Å²) in [6.45, 7) is 9.85. The number of nitrogens with one attached hydrogen (secondary N) is 2. The number of hydrogen-bond donors (Lipinski definition) is 3. The first-order valence-corrected chi connectivity index (χ1v) is 9.64. The summed E-state index contributed by atoms with van der Waals surface area (Å²) in [5.74, 6) is -0.485. The van der Waals surface area contributed by atoms with E-state index in [1.807, 2.05) is 24.3 Å². The normalized spacial score (nSPS) is 12.1. The van der Waals surface area contributed by atoms with Gasteiger partial charge in [0, 0.05) is 11.3 Å². The molecule has 0 bridgehead atoms. The molecule has 3 aromatic rings. The van der Waals surface area contributed by atoms with Gasteiger partial charge >= 0.3 is 0 Å². The number of H-pyrrole nitrogens is 1. The number of carbonyl (C=O) groups excluding carboxylic acids is 1. The minimum Gasteiger partial charge on any atom is -0.508 e. The molecule has 7 nitrogen and oxygen atoms in total. The minimum absolute atomic E-state index is 0.00908. The predicted molar refractivity (Wildman–Crippen MR) is 118 cm³/mol. The molecule has 0 unspecified atom stereocenters. The van der Waals surface area contributed by atoms with Gasteiger partial charge in [0.25, 0.3) is 11.5 Å². The van der Waals surface area contributed by atoms with E-state index in [2.05, 4.69) is 36.4 Å². The number of phenols is 1. The van der Waals surface area contributed by atoms with Gasteiger partial charge in [0.1, 0.15) is 5.75 Å². The molecule has 0 aliphatic rings. The monoisotopic (exact) mass is 406 g/mol. The van der Waals surface area contributed by atoms with Gasteiger partial charge in [0.2, 0.25) is 0 Å². The van der Waals surface area contributed by atoms with Crippen LogP contribution in [-0.2, 0) is 5.41 Å². The molecule has 0 radical (unpaired) electrons. The van der Waals surface area contributed by atoms with Crippen molar-refractivity contribution < 1.29 is 9.90 Å². The first kappa shape index (κ1) is 21.1. The van der Waals surface area contributed by atoms with E-state index in [4.69, 9.17) is 0 Å². The molecular weight excluding hydrogens is 380 g/mol. The van der Waals surface area contributed by atoms with E-state index in [-0.39, 0.29) is 22.3 Å². The summed E-state index contributed by atoms with van der Waals surface area (Å²) >= 11 is 0. The number of benzene rings is 2. The highest BCUT2D eigenvalue weighted by Crippen LogP contribution is 2.23. The summed E-state index contributed by atoms with van der Waals surface area (Å²) < 4.78 is 1.47. The van der Waals surface area contributed by atoms with E-state index in [9.17, 15) is 14.7 Å². The van der Waals surface area contributed by atoms with Gasteiger partial charge < -0.3 is 5.11 Å². The molecule has 0 fully saturated rings. The summed E-state index contributed by atoms with van der Waals surface area (Å²) in [5, 5.41) is 16.6. The number of aromatic amines is 1. The zero-order chi connectivity index (χ0) is 22.1. The van der Waals surface area contributed by atoms with E-state index in [1.165, 1.54) is 22.4 Å². The van der Waals surface area contributed by atoms with E-state index >= 15 is 0 Å². The Bertz CT molecular complexity index is 1160. The van der Waals surface area contributed by atoms with Gasteiger partial charge in [-0.05, 0) is 55.2 Å². The maximum Gasteiger partial charge on any atom is 0.280 e. The van der Waals surface area contributed by atoms with Crippen molar-refractivity contribution in [3.63, 3.8) is 0 Å². The Morgan fingerprint density at radius 2 is 1.80 bits per heavy atom. The second kappa shape index (κ2) is 8.02. The molecule has 7 heteroatoms. The molecular formula is C23H26N4O3. The van der Waals surface area contributed by atoms with Crippen LogP contribution in [0, 0.1) is 6.92 Å². The molecule has 0 saturated carbocycles. The smallest absolute Gasteiger partial charge is 0.280 e. The lowest BCUT2D eigenvalue weighted by atomic mass is 9.87. The number of aryl methyl sites for hydroxylation is 1. The van der Waals surface area contributed by atoms with E-state index < -0.39 is 5.91 Å². The summed E-state index contributed by atoms with van der Waals surface area (Å²) in [7, 11) is 0.